The summed E-state index contributed by atoms with van der Waals surface area (Å²) in [6, 6.07) is 2.40. The SMILES string of the molecule is CCCNC1CCC(C)CC1N(CC)C1CCCCC1. The van der Waals surface area contributed by atoms with Crippen molar-refractivity contribution in [3.8, 4) is 0 Å². The summed E-state index contributed by atoms with van der Waals surface area (Å²) in [5.74, 6) is 0.914. The maximum absolute atomic E-state index is 3.85. The van der Waals surface area contributed by atoms with Crippen LogP contribution < -0.4 is 5.32 Å². The highest BCUT2D eigenvalue weighted by molar-refractivity contribution is 4.93. The van der Waals surface area contributed by atoms with Gasteiger partial charge in [-0.2, -0.15) is 0 Å². The number of nitrogens with one attached hydrogen (secondary N) is 1. The van der Waals surface area contributed by atoms with Crippen LogP contribution in [0.2, 0.25) is 0 Å². The zero-order valence-corrected chi connectivity index (χ0v) is 14.0. The van der Waals surface area contributed by atoms with Gasteiger partial charge in [-0.05, 0) is 57.5 Å². The summed E-state index contributed by atoms with van der Waals surface area (Å²) < 4.78 is 0. The number of nitrogens with zero attached hydrogens (tertiary/aromatic N) is 1. The van der Waals surface area contributed by atoms with E-state index in [0.717, 1.165) is 24.0 Å². The van der Waals surface area contributed by atoms with Gasteiger partial charge in [-0.3, -0.25) is 4.90 Å². The maximum atomic E-state index is 3.85. The first-order chi connectivity index (χ1) is 9.76. The van der Waals surface area contributed by atoms with Gasteiger partial charge in [-0.1, -0.05) is 40.0 Å². The molecule has 0 heterocycles. The third-order valence-electron chi connectivity index (χ3n) is 5.57. The molecule has 0 saturated heterocycles. The fourth-order valence-corrected chi connectivity index (χ4v) is 4.46. The molecule has 2 fully saturated rings. The number of hydrogen-bond acceptors (Lipinski definition) is 2. The lowest BCUT2D eigenvalue weighted by Crippen LogP contribution is -2.56. The van der Waals surface area contributed by atoms with Gasteiger partial charge in [-0.15, -0.1) is 0 Å². The standard InChI is InChI=1S/C18H36N2/c1-4-13-19-17-12-11-15(3)14-18(17)20(5-2)16-9-7-6-8-10-16/h15-19H,4-14H2,1-3H3. The van der Waals surface area contributed by atoms with E-state index >= 15 is 0 Å². The van der Waals surface area contributed by atoms with Crippen LogP contribution in [0.3, 0.4) is 0 Å². The molecule has 118 valence electrons. The molecule has 2 nitrogen and oxygen atoms in total. The number of likely N-dealkylation sites (N-methyl/N-ethyl adjacent to an activating group) is 1. The normalized spacial score (nSPS) is 32.7. The Morgan fingerprint density at radius 2 is 1.75 bits per heavy atom. The number of hydrogen-bond donors (Lipinski definition) is 1. The van der Waals surface area contributed by atoms with Crippen molar-refractivity contribution in [2.75, 3.05) is 13.1 Å². The second-order valence-electron chi connectivity index (χ2n) is 7.17. The van der Waals surface area contributed by atoms with Gasteiger partial charge in [0.1, 0.15) is 0 Å². The predicted molar refractivity (Wildman–Crippen MR) is 88.1 cm³/mol. The van der Waals surface area contributed by atoms with E-state index in [-0.39, 0.29) is 0 Å². The van der Waals surface area contributed by atoms with E-state index in [4.69, 9.17) is 0 Å². The third kappa shape index (κ3) is 4.21. The molecular formula is C18H36N2. The van der Waals surface area contributed by atoms with Gasteiger partial charge in [0.15, 0.2) is 0 Å². The van der Waals surface area contributed by atoms with Crippen LogP contribution in [0.25, 0.3) is 0 Å². The van der Waals surface area contributed by atoms with Crippen molar-refractivity contribution in [2.24, 2.45) is 5.92 Å². The summed E-state index contributed by atoms with van der Waals surface area (Å²) in [4.78, 5) is 2.88. The van der Waals surface area contributed by atoms with Crippen LogP contribution in [0.1, 0.15) is 78.6 Å². The van der Waals surface area contributed by atoms with E-state index in [9.17, 15) is 0 Å². The molecule has 0 bridgehead atoms. The summed E-state index contributed by atoms with van der Waals surface area (Å²) in [5.41, 5.74) is 0. The average molecular weight is 280 g/mol. The molecule has 0 aromatic carbocycles. The highest BCUT2D eigenvalue weighted by atomic mass is 15.2. The molecule has 0 aliphatic heterocycles. The first-order valence-corrected chi connectivity index (χ1v) is 9.25. The van der Waals surface area contributed by atoms with Crippen molar-refractivity contribution in [3.63, 3.8) is 0 Å². The van der Waals surface area contributed by atoms with Crippen LogP contribution in [-0.4, -0.2) is 36.1 Å². The molecule has 2 saturated carbocycles. The van der Waals surface area contributed by atoms with E-state index in [1.807, 2.05) is 0 Å². The highest BCUT2D eigenvalue weighted by Crippen LogP contribution is 2.32. The lowest BCUT2D eigenvalue weighted by atomic mass is 9.80. The van der Waals surface area contributed by atoms with Crippen molar-refractivity contribution in [3.05, 3.63) is 0 Å². The van der Waals surface area contributed by atoms with Crippen molar-refractivity contribution in [1.82, 2.24) is 10.2 Å². The Morgan fingerprint density at radius 1 is 1.00 bits per heavy atom. The van der Waals surface area contributed by atoms with Crippen LogP contribution in [0.4, 0.5) is 0 Å². The fraction of sp³-hybridized carbons (Fsp3) is 1.00. The van der Waals surface area contributed by atoms with E-state index in [0.29, 0.717) is 0 Å². The van der Waals surface area contributed by atoms with E-state index < -0.39 is 0 Å². The minimum Gasteiger partial charge on any atom is -0.312 e. The summed E-state index contributed by atoms with van der Waals surface area (Å²) in [7, 11) is 0. The Hall–Kier alpha value is -0.0800. The van der Waals surface area contributed by atoms with Crippen molar-refractivity contribution in [2.45, 2.75) is 96.7 Å². The summed E-state index contributed by atoms with van der Waals surface area (Å²) in [5, 5.41) is 3.85. The average Bonchev–Trinajstić information content (AvgIpc) is 2.48. The van der Waals surface area contributed by atoms with Gasteiger partial charge in [0.25, 0.3) is 0 Å². The van der Waals surface area contributed by atoms with Gasteiger partial charge in [0, 0.05) is 18.1 Å². The van der Waals surface area contributed by atoms with Gasteiger partial charge >= 0.3 is 0 Å². The fourth-order valence-electron chi connectivity index (χ4n) is 4.46. The zero-order valence-electron chi connectivity index (χ0n) is 14.0. The Balaban J connectivity index is 2.01. The van der Waals surface area contributed by atoms with E-state index in [1.54, 1.807) is 0 Å². The van der Waals surface area contributed by atoms with Crippen LogP contribution in [0.5, 0.6) is 0 Å². The van der Waals surface area contributed by atoms with Gasteiger partial charge in [0.2, 0.25) is 0 Å². The van der Waals surface area contributed by atoms with Crippen LogP contribution >= 0.6 is 0 Å². The molecule has 2 heteroatoms. The lowest BCUT2D eigenvalue weighted by Gasteiger charge is -2.46. The topological polar surface area (TPSA) is 15.3 Å². The van der Waals surface area contributed by atoms with E-state index in [1.165, 1.54) is 70.9 Å². The van der Waals surface area contributed by atoms with Crippen molar-refractivity contribution < 1.29 is 0 Å². The zero-order chi connectivity index (χ0) is 14.4. The minimum absolute atomic E-state index is 0.744. The first-order valence-electron chi connectivity index (χ1n) is 9.25. The van der Waals surface area contributed by atoms with Gasteiger partial charge in [0.05, 0.1) is 0 Å². The Morgan fingerprint density at radius 3 is 2.40 bits per heavy atom. The quantitative estimate of drug-likeness (QED) is 0.784. The molecule has 0 amide bonds. The molecule has 0 aromatic rings. The van der Waals surface area contributed by atoms with Crippen LogP contribution in [-0.2, 0) is 0 Å². The summed E-state index contributed by atoms with van der Waals surface area (Å²) in [6.07, 6.45) is 12.7. The summed E-state index contributed by atoms with van der Waals surface area (Å²) in [6.45, 7) is 9.55. The maximum Gasteiger partial charge on any atom is 0.0254 e. The highest BCUT2D eigenvalue weighted by Gasteiger charge is 2.35. The molecule has 20 heavy (non-hydrogen) atoms. The molecule has 2 rings (SSSR count). The Kier molecular flexibility index (Phi) is 6.83. The summed E-state index contributed by atoms with van der Waals surface area (Å²) >= 11 is 0. The molecular weight excluding hydrogens is 244 g/mol. The molecule has 0 radical (unpaired) electrons. The van der Waals surface area contributed by atoms with Crippen molar-refractivity contribution >= 4 is 0 Å². The molecule has 0 spiro atoms. The van der Waals surface area contributed by atoms with Crippen molar-refractivity contribution in [1.29, 1.82) is 0 Å². The third-order valence-corrected chi connectivity index (χ3v) is 5.57. The molecule has 2 aliphatic rings. The molecule has 0 aromatic heterocycles. The predicted octanol–water partition coefficient (Wildman–Crippen LogP) is 4.20. The monoisotopic (exact) mass is 280 g/mol. The molecule has 3 atom stereocenters. The molecule has 2 aliphatic carbocycles. The largest absolute Gasteiger partial charge is 0.312 e. The lowest BCUT2D eigenvalue weighted by molar-refractivity contribution is 0.0514. The minimum atomic E-state index is 0.744. The second kappa shape index (κ2) is 8.38. The molecule has 1 N–H and O–H groups in total. The van der Waals surface area contributed by atoms with Crippen LogP contribution in [0, 0.1) is 5.92 Å². The Labute approximate surface area is 126 Å². The van der Waals surface area contributed by atoms with Gasteiger partial charge in [-0.25, -0.2) is 0 Å². The first kappa shape index (κ1) is 16.3. The Bertz CT molecular complexity index is 258. The van der Waals surface area contributed by atoms with Gasteiger partial charge < -0.3 is 5.32 Å². The van der Waals surface area contributed by atoms with E-state index in [2.05, 4.69) is 31.0 Å². The smallest absolute Gasteiger partial charge is 0.0254 e. The molecule has 3 unspecified atom stereocenters. The second-order valence-corrected chi connectivity index (χ2v) is 7.17. The van der Waals surface area contributed by atoms with Crippen LogP contribution in [0.15, 0.2) is 0 Å². The number of rotatable bonds is 6.